The highest BCUT2D eigenvalue weighted by atomic mass is 16.1. The Morgan fingerprint density at radius 3 is 2.86 bits per heavy atom. The number of hydrogen-bond donors (Lipinski definition) is 2. The molecule has 1 fully saturated rings. The summed E-state index contributed by atoms with van der Waals surface area (Å²) in [5.41, 5.74) is 7.83. The van der Waals surface area contributed by atoms with E-state index in [2.05, 4.69) is 22.1 Å². The van der Waals surface area contributed by atoms with Crippen molar-refractivity contribution in [3.8, 4) is 11.8 Å². The first-order valence-electron chi connectivity index (χ1n) is 7.51. The van der Waals surface area contributed by atoms with E-state index >= 15 is 0 Å². The molecule has 2 rings (SSSR count). The zero-order valence-electron chi connectivity index (χ0n) is 12.6. The molecule has 0 aromatic heterocycles. The van der Waals surface area contributed by atoms with E-state index in [9.17, 15) is 4.79 Å². The molecule has 1 aromatic carbocycles. The Bertz CT molecular complexity index is 551. The molecule has 4 heteroatoms. The van der Waals surface area contributed by atoms with Gasteiger partial charge in [0.1, 0.15) is 0 Å². The Morgan fingerprint density at radius 2 is 2.14 bits per heavy atom. The molecule has 1 saturated heterocycles. The van der Waals surface area contributed by atoms with Crippen molar-refractivity contribution in [3.05, 3.63) is 34.9 Å². The van der Waals surface area contributed by atoms with Crippen LogP contribution in [0.1, 0.15) is 34.3 Å². The second-order valence-corrected chi connectivity index (χ2v) is 5.36. The predicted molar refractivity (Wildman–Crippen MR) is 85.1 cm³/mol. The number of hydrogen-bond acceptors (Lipinski definition) is 3. The molecule has 1 aliphatic rings. The van der Waals surface area contributed by atoms with E-state index in [1.165, 1.54) is 12.8 Å². The van der Waals surface area contributed by atoms with Gasteiger partial charge in [0.25, 0.3) is 5.91 Å². The summed E-state index contributed by atoms with van der Waals surface area (Å²) in [6.07, 6.45) is 2.54. The smallest absolute Gasteiger partial charge is 0.252 e. The van der Waals surface area contributed by atoms with Gasteiger partial charge in [0.15, 0.2) is 0 Å². The SMILES string of the molecule is Cc1ccc(C#CCN)c(C(=O)NCCN2CCCC2)c1. The molecule has 0 radical (unpaired) electrons. The normalized spacial score (nSPS) is 14.6. The van der Waals surface area contributed by atoms with Crippen LogP contribution >= 0.6 is 0 Å². The summed E-state index contributed by atoms with van der Waals surface area (Å²) in [4.78, 5) is 14.7. The molecule has 4 nitrogen and oxygen atoms in total. The lowest BCUT2D eigenvalue weighted by Gasteiger charge is -2.15. The molecule has 3 N–H and O–H groups in total. The molecule has 0 bridgehead atoms. The molecule has 112 valence electrons. The lowest BCUT2D eigenvalue weighted by molar-refractivity contribution is 0.0949. The van der Waals surface area contributed by atoms with E-state index in [-0.39, 0.29) is 5.91 Å². The maximum Gasteiger partial charge on any atom is 0.252 e. The molecule has 21 heavy (non-hydrogen) atoms. The molecular formula is C17H23N3O. The second kappa shape index (κ2) is 7.82. The van der Waals surface area contributed by atoms with Crippen LogP contribution in [0.2, 0.25) is 0 Å². The minimum absolute atomic E-state index is 0.0563. The van der Waals surface area contributed by atoms with Crippen LogP contribution in [-0.2, 0) is 0 Å². The number of likely N-dealkylation sites (tertiary alicyclic amines) is 1. The van der Waals surface area contributed by atoms with E-state index in [0.717, 1.165) is 30.8 Å². The zero-order chi connectivity index (χ0) is 15.1. The quantitative estimate of drug-likeness (QED) is 0.815. The molecule has 0 unspecified atom stereocenters. The number of carbonyl (C=O) groups is 1. The van der Waals surface area contributed by atoms with Crippen molar-refractivity contribution >= 4 is 5.91 Å². The van der Waals surface area contributed by atoms with Crippen molar-refractivity contribution < 1.29 is 4.79 Å². The number of carbonyl (C=O) groups excluding carboxylic acids is 1. The third-order valence-corrected chi connectivity index (χ3v) is 3.66. The summed E-state index contributed by atoms with van der Waals surface area (Å²) >= 11 is 0. The average Bonchev–Trinajstić information content (AvgIpc) is 2.99. The maximum atomic E-state index is 12.3. The number of nitrogens with zero attached hydrogens (tertiary/aromatic N) is 1. The zero-order valence-corrected chi connectivity index (χ0v) is 12.6. The Kier molecular flexibility index (Phi) is 5.79. The maximum absolute atomic E-state index is 12.3. The van der Waals surface area contributed by atoms with Gasteiger partial charge in [0, 0.05) is 18.7 Å². The minimum atomic E-state index is -0.0563. The van der Waals surface area contributed by atoms with Gasteiger partial charge in [-0.05, 0) is 45.0 Å². The van der Waals surface area contributed by atoms with Crippen molar-refractivity contribution in [2.45, 2.75) is 19.8 Å². The fourth-order valence-corrected chi connectivity index (χ4v) is 2.53. The summed E-state index contributed by atoms with van der Waals surface area (Å²) in [6.45, 7) is 6.16. The summed E-state index contributed by atoms with van der Waals surface area (Å²) in [7, 11) is 0. The molecule has 1 aliphatic heterocycles. The molecule has 1 aromatic rings. The second-order valence-electron chi connectivity index (χ2n) is 5.36. The lowest BCUT2D eigenvalue weighted by Crippen LogP contribution is -2.33. The van der Waals surface area contributed by atoms with Crippen LogP contribution in [-0.4, -0.2) is 43.5 Å². The van der Waals surface area contributed by atoms with E-state index < -0.39 is 0 Å². The number of benzene rings is 1. The van der Waals surface area contributed by atoms with E-state index in [0.29, 0.717) is 18.7 Å². The molecule has 0 aliphatic carbocycles. The Morgan fingerprint density at radius 1 is 1.38 bits per heavy atom. The van der Waals surface area contributed by atoms with Crippen LogP contribution in [0, 0.1) is 18.8 Å². The summed E-state index contributed by atoms with van der Waals surface area (Å²) in [5, 5.41) is 2.99. The summed E-state index contributed by atoms with van der Waals surface area (Å²) in [6, 6.07) is 5.72. The van der Waals surface area contributed by atoms with Crippen molar-refractivity contribution in [1.29, 1.82) is 0 Å². The third kappa shape index (κ3) is 4.59. The van der Waals surface area contributed by atoms with Crippen LogP contribution < -0.4 is 11.1 Å². The number of nitrogens with one attached hydrogen (secondary N) is 1. The van der Waals surface area contributed by atoms with Gasteiger partial charge >= 0.3 is 0 Å². The van der Waals surface area contributed by atoms with Crippen LogP contribution in [0.3, 0.4) is 0 Å². The Labute approximate surface area is 126 Å². The van der Waals surface area contributed by atoms with E-state index in [1.807, 2.05) is 25.1 Å². The van der Waals surface area contributed by atoms with Gasteiger partial charge in [0.2, 0.25) is 0 Å². The lowest BCUT2D eigenvalue weighted by atomic mass is 10.0. The predicted octanol–water partition coefficient (Wildman–Crippen LogP) is 1.13. The van der Waals surface area contributed by atoms with Gasteiger partial charge in [-0.2, -0.15) is 0 Å². The Balaban J connectivity index is 1.98. The monoisotopic (exact) mass is 285 g/mol. The minimum Gasteiger partial charge on any atom is -0.351 e. The van der Waals surface area contributed by atoms with Gasteiger partial charge < -0.3 is 16.0 Å². The van der Waals surface area contributed by atoms with E-state index in [4.69, 9.17) is 5.73 Å². The molecule has 1 amide bonds. The molecule has 0 atom stereocenters. The van der Waals surface area contributed by atoms with Gasteiger partial charge in [0.05, 0.1) is 12.1 Å². The molecular weight excluding hydrogens is 262 g/mol. The highest BCUT2D eigenvalue weighted by Crippen LogP contribution is 2.11. The summed E-state index contributed by atoms with van der Waals surface area (Å²) in [5.74, 6) is 5.72. The Hall–Kier alpha value is -1.83. The average molecular weight is 285 g/mol. The van der Waals surface area contributed by atoms with Gasteiger partial charge in [-0.15, -0.1) is 0 Å². The first kappa shape index (κ1) is 15.6. The highest BCUT2D eigenvalue weighted by molar-refractivity contribution is 5.96. The molecule has 0 spiro atoms. The number of aryl methyl sites for hydroxylation is 1. The summed E-state index contributed by atoms with van der Waals surface area (Å²) < 4.78 is 0. The highest BCUT2D eigenvalue weighted by Gasteiger charge is 2.13. The fourth-order valence-electron chi connectivity index (χ4n) is 2.53. The van der Waals surface area contributed by atoms with Crippen molar-refractivity contribution in [1.82, 2.24) is 10.2 Å². The number of nitrogens with two attached hydrogens (primary N) is 1. The largest absolute Gasteiger partial charge is 0.351 e. The number of rotatable bonds is 4. The van der Waals surface area contributed by atoms with Gasteiger partial charge in [-0.1, -0.05) is 23.5 Å². The van der Waals surface area contributed by atoms with Gasteiger partial charge in [-0.3, -0.25) is 4.79 Å². The number of amides is 1. The van der Waals surface area contributed by atoms with Crippen LogP contribution in [0.15, 0.2) is 18.2 Å². The fraction of sp³-hybridized carbons (Fsp3) is 0.471. The van der Waals surface area contributed by atoms with Crippen LogP contribution in [0.4, 0.5) is 0 Å². The first-order chi connectivity index (χ1) is 10.2. The van der Waals surface area contributed by atoms with Gasteiger partial charge in [-0.25, -0.2) is 0 Å². The third-order valence-electron chi connectivity index (χ3n) is 3.66. The molecule has 1 heterocycles. The van der Waals surface area contributed by atoms with Crippen LogP contribution in [0.25, 0.3) is 0 Å². The van der Waals surface area contributed by atoms with E-state index in [1.54, 1.807) is 0 Å². The van der Waals surface area contributed by atoms with Crippen LogP contribution in [0.5, 0.6) is 0 Å². The van der Waals surface area contributed by atoms with Crippen molar-refractivity contribution in [2.75, 3.05) is 32.7 Å². The molecule has 0 saturated carbocycles. The standard InChI is InChI=1S/C17H23N3O/c1-14-6-7-15(5-4-8-18)16(13-14)17(21)19-9-12-20-10-2-3-11-20/h6-7,13H,2-3,8-12,18H2,1H3,(H,19,21). The van der Waals surface area contributed by atoms with Crippen molar-refractivity contribution in [2.24, 2.45) is 5.73 Å². The first-order valence-corrected chi connectivity index (χ1v) is 7.51. The van der Waals surface area contributed by atoms with Crippen molar-refractivity contribution in [3.63, 3.8) is 0 Å². The topological polar surface area (TPSA) is 58.4 Å².